The first-order chi connectivity index (χ1) is 10.3. The quantitative estimate of drug-likeness (QED) is 0.910. The average molecular weight is 303 g/mol. The topological polar surface area (TPSA) is 63.1 Å². The van der Waals surface area contributed by atoms with Crippen molar-refractivity contribution in [2.45, 2.75) is 25.3 Å². The Balaban J connectivity index is 1.77. The lowest BCUT2D eigenvalue weighted by Gasteiger charge is -2.15. The van der Waals surface area contributed by atoms with Gasteiger partial charge in [-0.3, -0.25) is 9.59 Å². The lowest BCUT2D eigenvalue weighted by Crippen LogP contribution is -2.45. The van der Waals surface area contributed by atoms with Crippen LogP contribution in [0.15, 0.2) is 36.0 Å². The lowest BCUT2D eigenvalue weighted by molar-refractivity contribution is -0.122. The molecule has 1 unspecified atom stereocenters. The first-order valence-corrected chi connectivity index (χ1v) is 7.93. The zero-order chi connectivity index (χ0) is 14.7. The Labute approximate surface area is 127 Å². The summed E-state index contributed by atoms with van der Waals surface area (Å²) in [6.07, 6.45) is 6.40. The summed E-state index contributed by atoms with van der Waals surface area (Å²) in [5.74, 6) is -0.268. The Morgan fingerprint density at radius 2 is 2.14 bits per heavy atom. The Kier molecular flexibility index (Phi) is 4.06. The zero-order valence-corrected chi connectivity index (χ0v) is 12.4. The molecule has 2 aromatic rings. The molecule has 110 valence electrons. The van der Waals surface area contributed by atoms with Crippen LogP contribution in [-0.4, -0.2) is 29.0 Å². The van der Waals surface area contributed by atoms with Crippen LogP contribution in [0, 0.1) is 0 Å². The highest BCUT2D eigenvalue weighted by atomic mass is 32.1. The molecular formula is C15H17N3O2S. The van der Waals surface area contributed by atoms with Gasteiger partial charge in [0.05, 0.1) is 5.69 Å². The number of amides is 2. The fraction of sp³-hybridized carbons (Fsp3) is 0.333. The van der Waals surface area contributed by atoms with Crippen molar-refractivity contribution < 1.29 is 9.59 Å². The van der Waals surface area contributed by atoms with Crippen molar-refractivity contribution in [3.05, 3.63) is 40.8 Å². The monoisotopic (exact) mass is 303 g/mol. The first-order valence-electron chi connectivity index (χ1n) is 7.05. The third kappa shape index (κ3) is 3.00. The van der Waals surface area contributed by atoms with Crippen molar-refractivity contribution in [2.24, 2.45) is 0 Å². The van der Waals surface area contributed by atoms with E-state index in [1.165, 1.54) is 11.3 Å². The summed E-state index contributed by atoms with van der Waals surface area (Å²) in [5.41, 5.74) is 0.844. The van der Waals surface area contributed by atoms with E-state index in [9.17, 15) is 9.59 Å². The molecule has 1 saturated heterocycles. The summed E-state index contributed by atoms with van der Waals surface area (Å²) in [7, 11) is 0. The van der Waals surface area contributed by atoms with Gasteiger partial charge in [0.2, 0.25) is 5.91 Å². The van der Waals surface area contributed by atoms with Crippen LogP contribution in [-0.2, 0) is 4.79 Å². The molecule has 2 aromatic heterocycles. The summed E-state index contributed by atoms with van der Waals surface area (Å²) in [5, 5.41) is 7.58. The minimum absolute atomic E-state index is 0.0834. The summed E-state index contributed by atoms with van der Waals surface area (Å²) in [6, 6.07) is 5.31. The van der Waals surface area contributed by atoms with Gasteiger partial charge in [-0.15, -0.1) is 11.3 Å². The molecule has 1 fully saturated rings. The van der Waals surface area contributed by atoms with Crippen LogP contribution in [0.1, 0.15) is 28.9 Å². The van der Waals surface area contributed by atoms with E-state index in [1.54, 1.807) is 0 Å². The molecule has 5 nitrogen and oxygen atoms in total. The predicted octanol–water partition coefficient (Wildman–Crippen LogP) is 1.94. The van der Waals surface area contributed by atoms with Crippen LogP contribution in [0.4, 0.5) is 0 Å². The van der Waals surface area contributed by atoms with Gasteiger partial charge >= 0.3 is 0 Å². The Hall–Kier alpha value is -2.08. The van der Waals surface area contributed by atoms with Crippen LogP contribution >= 0.6 is 11.3 Å². The van der Waals surface area contributed by atoms with E-state index in [-0.39, 0.29) is 11.8 Å². The molecule has 1 aliphatic rings. The average Bonchev–Trinajstić information content (AvgIpc) is 3.12. The van der Waals surface area contributed by atoms with Crippen molar-refractivity contribution in [1.82, 2.24) is 15.2 Å². The number of rotatable bonds is 3. The summed E-state index contributed by atoms with van der Waals surface area (Å²) in [4.78, 5) is 25.0. The number of carbonyl (C=O) groups is 2. The standard InChI is InChI=1S/C15H17N3O2S/c19-14-11(5-1-2-7-16-14)17-15(20)13-12(6-10-21-13)18-8-3-4-9-18/h3-4,6,8-11H,1-2,5,7H2,(H,16,19)(H,17,20). The molecule has 0 spiro atoms. The third-order valence-electron chi connectivity index (χ3n) is 3.57. The zero-order valence-electron chi connectivity index (χ0n) is 11.5. The van der Waals surface area contributed by atoms with E-state index in [0.717, 1.165) is 18.5 Å². The maximum atomic E-state index is 12.5. The normalized spacial score (nSPS) is 18.9. The van der Waals surface area contributed by atoms with Crippen molar-refractivity contribution in [2.75, 3.05) is 6.54 Å². The van der Waals surface area contributed by atoms with Crippen LogP contribution in [0.3, 0.4) is 0 Å². The Morgan fingerprint density at radius 1 is 1.33 bits per heavy atom. The highest BCUT2D eigenvalue weighted by Gasteiger charge is 2.24. The maximum absolute atomic E-state index is 12.5. The molecule has 6 heteroatoms. The molecule has 0 radical (unpaired) electrons. The summed E-state index contributed by atoms with van der Waals surface area (Å²) < 4.78 is 1.90. The van der Waals surface area contributed by atoms with Gasteiger partial charge in [0, 0.05) is 18.9 Å². The molecular weight excluding hydrogens is 286 g/mol. The molecule has 1 aliphatic heterocycles. The number of aromatic nitrogens is 1. The summed E-state index contributed by atoms with van der Waals surface area (Å²) >= 11 is 1.39. The number of hydrogen-bond acceptors (Lipinski definition) is 3. The molecule has 2 amide bonds. The molecule has 21 heavy (non-hydrogen) atoms. The fourth-order valence-electron chi connectivity index (χ4n) is 2.47. The molecule has 0 bridgehead atoms. The molecule has 1 atom stereocenters. The van der Waals surface area contributed by atoms with E-state index in [2.05, 4.69) is 10.6 Å². The lowest BCUT2D eigenvalue weighted by atomic mass is 10.1. The molecule has 0 saturated carbocycles. The van der Waals surface area contributed by atoms with Crippen LogP contribution in [0.25, 0.3) is 5.69 Å². The Bertz CT molecular complexity index is 633. The second-order valence-corrected chi connectivity index (χ2v) is 5.95. The van der Waals surface area contributed by atoms with E-state index in [0.29, 0.717) is 17.8 Å². The number of nitrogens with one attached hydrogen (secondary N) is 2. The van der Waals surface area contributed by atoms with E-state index >= 15 is 0 Å². The van der Waals surface area contributed by atoms with E-state index in [4.69, 9.17) is 0 Å². The van der Waals surface area contributed by atoms with E-state index < -0.39 is 6.04 Å². The minimum Gasteiger partial charge on any atom is -0.354 e. The second-order valence-electron chi connectivity index (χ2n) is 5.04. The van der Waals surface area contributed by atoms with Gasteiger partial charge in [0.25, 0.3) is 5.91 Å². The summed E-state index contributed by atoms with van der Waals surface area (Å²) in [6.45, 7) is 0.693. The van der Waals surface area contributed by atoms with Crippen molar-refractivity contribution in [3.8, 4) is 5.69 Å². The maximum Gasteiger partial charge on any atom is 0.264 e. The van der Waals surface area contributed by atoms with Gasteiger partial charge in [-0.25, -0.2) is 0 Å². The van der Waals surface area contributed by atoms with Gasteiger partial charge in [0.15, 0.2) is 0 Å². The van der Waals surface area contributed by atoms with E-state index in [1.807, 2.05) is 40.5 Å². The molecule has 0 aliphatic carbocycles. The van der Waals surface area contributed by atoms with Crippen LogP contribution in [0.2, 0.25) is 0 Å². The van der Waals surface area contributed by atoms with Crippen molar-refractivity contribution in [1.29, 1.82) is 0 Å². The van der Waals surface area contributed by atoms with Gasteiger partial charge in [0.1, 0.15) is 10.9 Å². The number of thiophene rings is 1. The molecule has 3 rings (SSSR count). The predicted molar refractivity (Wildman–Crippen MR) is 81.8 cm³/mol. The largest absolute Gasteiger partial charge is 0.354 e. The molecule has 2 N–H and O–H groups in total. The Morgan fingerprint density at radius 3 is 2.95 bits per heavy atom. The highest BCUT2D eigenvalue weighted by molar-refractivity contribution is 7.12. The minimum atomic E-state index is -0.431. The molecule has 3 heterocycles. The fourth-order valence-corrected chi connectivity index (χ4v) is 3.26. The van der Waals surface area contributed by atoms with Gasteiger partial charge in [-0.1, -0.05) is 0 Å². The third-order valence-corrected chi connectivity index (χ3v) is 4.48. The first kappa shape index (κ1) is 13.9. The number of carbonyl (C=O) groups excluding carboxylic acids is 2. The smallest absolute Gasteiger partial charge is 0.264 e. The SMILES string of the molecule is O=C(NC1CCCCNC1=O)c1sccc1-n1cccc1. The van der Waals surface area contributed by atoms with Gasteiger partial charge in [-0.05, 0) is 42.8 Å². The molecule has 0 aromatic carbocycles. The van der Waals surface area contributed by atoms with Crippen molar-refractivity contribution >= 4 is 23.2 Å². The van der Waals surface area contributed by atoms with Crippen molar-refractivity contribution in [3.63, 3.8) is 0 Å². The van der Waals surface area contributed by atoms with Crippen LogP contribution < -0.4 is 10.6 Å². The number of hydrogen-bond donors (Lipinski definition) is 2. The van der Waals surface area contributed by atoms with Gasteiger partial charge < -0.3 is 15.2 Å². The highest BCUT2D eigenvalue weighted by Crippen LogP contribution is 2.21. The van der Waals surface area contributed by atoms with Crippen LogP contribution in [0.5, 0.6) is 0 Å². The number of nitrogens with zero attached hydrogens (tertiary/aromatic N) is 1. The second kappa shape index (κ2) is 6.13. The van der Waals surface area contributed by atoms with Gasteiger partial charge in [-0.2, -0.15) is 0 Å².